The van der Waals surface area contributed by atoms with Gasteiger partial charge in [-0.1, -0.05) is 18.9 Å². The highest BCUT2D eigenvalue weighted by atomic mass is 19.4. The molecule has 0 aliphatic heterocycles. The average molecular weight is 540 g/mol. The van der Waals surface area contributed by atoms with E-state index in [4.69, 9.17) is 5.26 Å². The fraction of sp³-hybridized carbons (Fsp3) is 0.333. The molecule has 1 aromatic heterocycles. The Morgan fingerprint density at radius 2 is 1.82 bits per heavy atom. The van der Waals surface area contributed by atoms with Crippen LogP contribution in [0, 0.1) is 11.3 Å². The Hall–Kier alpha value is -4.37. The maximum Gasteiger partial charge on any atom is 0.416 e. The van der Waals surface area contributed by atoms with Crippen LogP contribution in [-0.4, -0.2) is 41.2 Å². The second-order valence-corrected chi connectivity index (χ2v) is 9.13. The van der Waals surface area contributed by atoms with Crippen molar-refractivity contribution >= 4 is 17.4 Å². The van der Waals surface area contributed by atoms with E-state index < -0.39 is 23.2 Å². The smallest absolute Gasteiger partial charge is 0.349 e. The molecule has 9 nitrogen and oxygen atoms in total. The minimum Gasteiger partial charge on any atom is -0.349 e. The number of amidine groups is 1. The number of benzene rings is 2. The van der Waals surface area contributed by atoms with Gasteiger partial charge in [-0.25, -0.2) is 10.1 Å². The van der Waals surface area contributed by atoms with E-state index in [-0.39, 0.29) is 28.8 Å². The Labute approximate surface area is 223 Å². The molecule has 12 heteroatoms. The molecule has 1 amide bonds. The van der Waals surface area contributed by atoms with Gasteiger partial charge in [0.15, 0.2) is 5.84 Å². The number of carbonyl (C=O) groups excluding carboxylic acids is 1. The Bertz CT molecular complexity index is 1490. The van der Waals surface area contributed by atoms with Crippen LogP contribution in [0.25, 0.3) is 5.69 Å². The summed E-state index contributed by atoms with van der Waals surface area (Å²) in [5, 5.41) is 13.6. The van der Waals surface area contributed by atoms with Gasteiger partial charge in [-0.2, -0.15) is 18.4 Å². The van der Waals surface area contributed by atoms with Gasteiger partial charge in [0, 0.05) is 27.2 Å². The van der Waals surface area contributed by atoms with Crippen LogP contribution in [0.5, 0.6) is 0 Å². The minimum absolute atomic E-state index is 0.0525. The zero-order chi connectivity index (χ0) is 28.3. The third-order valence-corrected chi connectivity index (χ3v) is 6.72. The topological polar surface area (TPSA) is 107 Å². The number of halogens is 3. The van der Waals surface area contributed by atoms with E-state index >= 15 is 0 Å². The highest BCUT2D eigenvalue weighted by molar-refractivity contribution is 6.14. The molecule has 0 unspecified atom stereocenters. The van der Waals surface area contributed by atoms with Crippen molar-refractivity contribution in [3.63, 3.8) is 0 Å². The summed E-state index contributed by atoms with van der Waals surface area (Å²) >= 11 is 0. The van der Waals surface area contributed by atoms with Gasteiger partial charge < -0.3 is 5.32 Å². The van der Waals surface area contributed by atoms with Gasteiger partial charge >= 0.3 is 6.18 Å². The molecule has 0 saturated heterocycles. The van der Waals surface area contributed by atoms with Crippen LogP contribution in [0.2, 0.25) is 0 Å². The monoisotopic (exact) mass is 539 g/mol. The lowest BCUT2D eigenvalue weighted by atomic mass is 10.1. The van der Waals surface area contributed by atoms with E-state index in [2.05, 4.69) is 15.7 Å². The Kier molecular flexibility index (Phi) is 7.92. The van der Waals surface area contributed by atoms with Crippen LogP contribution >= 0.6 is 0 Å². The molecular weight excluding hydrogens is 511 g/mol. The molecule has 2 aromatic carbocycles. The molecule has 0 bridgehead atoms. The number of rotatable bonds is 6. The van der Waals surface area contributed by atoms with Crippen molar-refractivity contribution in [1.82, 2.24) is 20.1 Å². The first-order valence-corrected chi connectivity index (χ1v) is 12.4. The molecule has 0 spiro atoms. The minimum atomic E-state index is -4.62. The predicted molar refractivity (Wildman–Crippen MR) is 141 cm³/mol. The third-order valence-electron chi connectivity index (χ3n) is 6.72. The van der Waals surface area contributed by atoms with Crippen molar-refractivity contribution in [2.75, 3.05) is 19.1 Å². The van der Waals surface area contributed by atoms with Crippen molar-refractivity contribution in [3.8, 4) is 11.8 Å². The number of aromatic nitrogens is 2. The molecule has 204 valence electrons. The first kappa shape index (κ1) is 27.7. The van der Waals surface area contributed by atoms with Crippen molar-refractivity contribution < 1.29 is 18.0 Å². The van der Waals surface area contributed by atoms with Crippen LogP contribution in [-0.2, 0) is 13.2 Å². The fourth-order valence-corrected chi connectivity index (χ4v) is 4.85. The first-order chi connectivity index (χ1) is 18.6. The normalized spacial score (nSPS) is 14.3. The number of nitrogens with zero attached hydrogens (tertiary/aromatic N) is 5. The van der Waals surface area contributed by atoms with Crippen LogP contribution < -0.4 is 21.3 Å². The molecule has 39 heavy (non-hydrogen) atoms. The van der Waals surface area contributed by atoms with Crippen molar-refractivity contribution in [3.05, 3.63) is 81.3 Å². The molecule has 0 atom stereocenters. The summed E-state index contributed by atoms with van der Waals surface area (Å²) in [6.07, 6.45) is -1.16. The number of hydrazine groups is 1. The molecule has 4 rings (SSSR count). The Morgan fingerprint density at radius 1 is 1.15 bits per heavy atom. The SMILES string of the molecule is C/N=C(\c1c(C(=O)NC2CCCC2)c(=O)n(-c2cccc(C(F)(F)F)c2)n1C)N(NC)c1ccc(C#N)cc1. The molecule has 1 aliphatic rings. The van der Waals surface area contributed by atoms with Gasteiger partial charge in [0.25, 0.3) is 11.5 Å². The Balaban J connectivity index is 1.92. The lowest BCUT2D eigenvalue weighted by Crippen LogP contribution is -2.44. The van der Waals surface area contributed by atoms with Crippen molar-refractivity contribution in [2.24, 2.45) is 12.0 Å². The van der Waals surface area contributed by atoms with E-state index in [1.54, 1.807) is 31.3 Å². The summed E-state index contributed by atoms with van der Waals surface area (Å²) in [6, 6.07) is 12.8. The van der Waals surface area contributed by atoms with Gasteiger partial charge in [0.05, 0.1) is 28.6 Å². The van der Waals surface area contributed by atoms with Gasteiger partial charge in [-0.3, -0.25) is 24.3 Å². The molecule has 1 saturated carbocycles. The summed E-state index contributed by atoms with van der Waals surface area (Å²) in [5.41, 5.74) is 2.08. The van der Waals surface area contributed by atoms with E-state index in [0.717, 1.165) is 42.5 Å². The van der Waals surface area contributed by atoms with Crippen LogP contribution in [0.1, 0.15) is 52.9 Å². The van der Waals surface area contributed by atoms with Crippen LogP contribution in [0.4, 0.5) is 18.9 Å². The van der Waals surface area contributed by atoms with Crippen LogP contribution in [0.15, 0.2) is 58.3 Å². The average Bonchev–Trinajstić information content (AvgIpc) is 3.52. The predicted octanol–water partition coefficient (Wildman–Crippen LogP) is 3.76. The highest BCUT2D eigenvalue weighted by Gasteiger charge is 2.34. The number of aliphatic imine (C=N–C) groups is 1. The Morgan fingerprint density at radius 3 is 2.38 bits per heavy atom. The van der Waals surface area contributed by atoms with E-state index in [1.807, 2.05) is 6.07 Å². The van der Waals surface area contributed by atoms with Gasteiger partial charge in [0.2, 0.25) is 0 Å². The van der Waals surface area contributed by atoms with E-state index in [9.17, 15) is 22.8 Å². The first-order valence-electron chi connectivity index (χ1n) is 12.4. The fourth-order valence-electron chi connectivity index (χ4n) is 4.85. The second-order valence-electron chi connectivity index (χ2n) is 9.13. The number of anilines is 1. The summed E-state index contributed by atoms with van der Waals surface area (Å²) in [5.74, 6) is -0.454. The number of nitrogens with one attached hydrogen (secondary N) is 2. The van der Waals surface area contributed by atoms with Gasteiger partial charge in [-0.15, -0.1) is 0 Å². The largest absolute Gasteiger partial charge is 0.416 e. The molecule has 1 aliphatic carbocycles. The summed E-state index contributed by atoms with van der Waals surface area (Å²) in [7, 11) is 4.58. The molecule has 0 radical (unpaired) electrons. The summed E-state index contributed by atoms with van der Waals surface area (Å²) in [4.78, 5) is 31.7. The molecule has 1 fully saturated rings. The molecule has 1 heterocycles. The number of carbonyl (C=O) groups is 1. The summed E-state index contributed by atoms with van der Waals surface area (Å²) in [6.45, 7) is 0. The van der Waals surface area contributed by atoms with E-state index in [0.29, 0.717) is 11.3 Å². The number of amides is 1. The quantitative estimate of drug-likeness (QED) is 0.282. The maximum atomic E-state index is 13.8. The van der Waals surface area contributed by atoms with Gasteiger partial charge in [-0.05, 0) is 55.3 Å². The second kappa shape index (κ2) is 11.2. The lowest BCUT2D eigenvalue weighted by Gasteiger charge is -2.26. The molecule has 2 N–H and O–H groups in total. The zero-order valence-electron chi connectivity index (χ0n) is 21.7. The maximum absolute atomic E-state index is 13.8. The van der Waals surface area contributed by atoms with Crippen LogP contribution in [0.3, 0.4) is 0 Å². The standard InChI is InChI=1S/C27H28F3N7O2/c1-32-24(36(33-2)20-13-11-17(16-31)12-14-20)23-22(25(38)34-19-8-4-5-9-19)26(39)37(35(23)3)21-10-6-7-18(15-21)27(28,29)30/h6-7,10-15,19,33H,4-5,8-9H2,1-3H3,(H,34,38)/b32-24+. The zero-order valence-corrected chi connectivity index (χ0v) is 21.7. The summed E-state index contributed by atoms with van der Waals surface area (Å²) < 4.78 is 42.8. The number of alkyl halides is 3. The van der Waals surface area contributed by atoms with Crippen molar-refractivity contribution in [1.29, 1.82) is 5.26 Å². The molecular formula is C27H28F3N7O2. The number of hydrogen-bond acceptors (Lipinski definition) is 5. The third kappa shape index (κ3) is 5.44. The molecule has 3 aromatic rings. The number of hydrogen-bond donors (Lipinski definition) is 2. The lowest BCUT2D eigenvalue weighted by molar-refractivity contribution is -0.137. The highest BCUT2D eigenvalue weighted by Crippen LogP contribution is 2.30. The van der Waals surface area contributed by atoms with Crippen molar-refractivity contribution in [2.45, 2.75) is 37.9 Å². The number of nitriles is 1. The van der Waals surface area contributed by atoms with Gasteiger partial charge in [0.1, 0.15) is 11.3 Å². The van der Waals surface area contributed by atoms with E-state index in [1.165, 1.54) is 35.9 Å².